The molecule has 3 rings (SSSR count). The molecule has 2 N–H and O–H groups in total. The van der Waals surface area contributed by atoms with Crippen molar-refractivity contribution in [1.82, 2.24) is 0 Å². The van der Waals surface area contributed by atoms with Crippen LogP contribution < -0.4 is 5.73 Å². The Balaban J connectivity index is 1.88. The molecule has 1 aromatic rings. The molecule has 1 aromatic carbocycles. The molecule has 2 fully saturated rings. The minimum Gasteiger partial charge on any atom is -0.330 e. The molecule has 0 amide bonds. The lowest BCUT2D eigenvalue weighted by atomic mass is 9.50. The van der Waals surface area contributed by atoms with Gasteiger partial charge in [0.1, 0.15) is 0 Å². The van der Waals surface area contributed by atoms with Gasteiger partial charge in [-0.05, 0) is 42.7 Å². The van der Waals surface area contributed by atoms with Crippen molar-refractivity contribution in [2.45, 2.75) is 43.9 Å². The first kappa shape index (κ1) is 11.7. The normalized spacial score (nSPS) is 24.8. The zero-order chi connectivity index (χ0) is 11.9. The Morgan fingerprint density at radius 3 is 2.35 bits per heavy atom. The third-order valence-corrected chi connectivity index (χ3v) is 5.62. The second-order valence-electron chi connectivity index (χ2n) is 6.02. The van der Waals surface area contributed by atoms with E-state index in [0.29, 0.717) is 5.41 Å². The molecule has 0 saturated heterocycles. The highest BCUT2D eigenvalue weighted by Gasteiger charge is 2.55. The van der Waals surface area contributed by atoms with Crippen molar-refractivity contribution in [2.24, 2.45) is 11.1 Å². The van der Waals surface area contributed by atoms with Gasteiger partial charge in [0.25, 0.3) is 0 Å². The van der Waals surface area contributed by atoms with Crippen LogP contribution in [0.5, 0.6) is 0 Å². The number of rotatable bonds is 2. The van der Waals surface area contributed by atoms with Gasteiger partial charge in [-0.3, -0.25) is 0 Å². The highest BCUT2D eigenvalue weighted by Crippen LogP contribution is 2.63. The van der Waals surface area contributed by atoms with E-state index < -0.39 is 0 Å². The predicted octanol–water partition coefficient (Wildman–Crippen LogP) is 4.00. The van der Waals surface area contributed by atoms with Crippen LogP contribution in [0.2, 0.25) is 0 Å². The molecular weight excluding hydrogens is 274 g/mol. The molecule has 2 heteroatoms. The third-order valence-electron chi connectivity index (χ3n) is 4.93. The maximum absolute atomic E-state index is 6.10. The van der Waals surface area contributed by atoms with Gasteiger partial charge in [-0.15, -0.1) is 0 Å². The molecule has 1 nitrogen and oxygen atoms in total. The smallest absolute Gasteiger partial charge is 0.0213 e. The van der Waals surface area contributed by atoms with E-state index in [1.807, 2.05) is 0 Å². The third kappa shape index (κ3) is 1.77. The fourth-order valence-corrected chi connectivity index (χ4v) is 4.90. The summed E-state index contributed by atoms with van der Waals surface area (Å²) in [4.78, 5) is 0. The molecule has 17 heavy (non-hydrogen) atoms. The Morgan fingerprint density at radius 2 is 1.76 bits per heavy atom. The summed E-state index contributed by atoms with van der Waals surface area (Å²) >= 11 is 3.69. The first-order valence-corrected chi connectivity index (χ1v) is 7.44. The first-order chi connectivity index (χ1) is 8.20. The Hall–Kier alpha value is -0.340. The van der Waals surface area contributed by atoms with Gasteiger partial charge in [-0.2, -0.15) is 0 Å². The van der Waals surface area contributed by atoms with E-state index in [2.05, 4.69) is 40.2 Å². The molecule has 0 atom stereocenters. The average Bonchev–Trinajstić information content (AvgIpc) is 2.76. The highest BCUT2D eigenvalue weighted by atomic mass is 79.9. The van der Waals surface area contributed by atoms with Crippen molar-refractivity contribution < 1.29 is 0 Å². The van der Waals surface area contributed by atoms with E-state index in [0.717, 1.165) is 6.54 Å². The number of nitrogens with two attached hydrogens (primary N) is 1. The predicted molar refractivity (Wildman–Crippen MR) is 75.0 cm³/mol. The lowest BCUT2D eigenvalue weighted by Gasteiger charge is -2.55. The molecule has 1 spiro atoms. The van der Waals surface area contributed by atoms with Gasteiger partial charge in [-0.1, -0.05) is 47.0 Å². The molecule has 0 heterocycles. The fourth-order valence-electron chi connectivity index (χ4n) is 4.20. The molecule has 2 saturated carbocycles. The second kappa shape index (κ2) is 4.10. The van der Waals surface area contributed by atoms with Gasteiger partial charge in [0.05, 0.1) is 0 Å². The van der Waals surface area contributed by atoms with Crippen molar-refractivity contribution in [2.75, 3.05) is 6.54 Å². The van der Waals surface area contributed by atoms with Crippen LogP contribution in [-0.2, 0) is 5.41 Å². The molecule has 0 bridgehead atoms. The van der Waals surface area contributed by atoms with Gasteiger partial charge in [0.2, 0.25) is 0 Å². The Labute approximate surface area is 112 Å². The standard InChI is InChI=1S/C15H20BrN/c16-13-6-2-1-5-12(13)15(11-17)9-14(10-15)7-3-4-8-14/h1-2,5-6H,3-4,7-11,17H2. The van der Waals surface area contributed by atoms with Crippen LogP contribution in [0.4, 0.5) is 0 Å². The molecule has 0 aliphatic heterocycles. The van der Waals surface area contributed by atoms with Crippen molar-refractivity contribution in [1.29, 1.82) is 0 Å². The zero-order valence-electron chi connectivity index (χ0n) is 10.2. The highest BCUT2D eigenvalue weighted by molar-refractivity contribution is 9.10. The van der Waals surface area contributed by atoms with E-state index in [4.69, 9.17) is 5.73 Å². The lowest BCUT2D eigenvalue weighted by Crippen LogP contribution is -2.52. The minimum atomic E-state index is 0.254. The molecule has 0 unspecified atom stereocenters. The molecule has 2 aliphatic rings. The van der Waals surface area contributed by atoms with E-state index in [-0.39, 0.29) is 5.41 Å². The Kier molecular flexibility index (Phi) is 2.83. The van der Waals surface area contributed by atoms with E-state index in [1.54, 1.807) is 0 Å². The van der Waals surface area contributed by atoms with E-state index in [9.17, 15) is 0 Å². The average molecular weight is 294 g/mol. The molecule has 0 radical (unpaired) electrons. The quantitative estimate of drug-likeness (QED) is 0.876. The van der Waals surface area contributed by atoms with E-state index >= 15 is 0 Å². The van der Waals surface area contributed by atoms with Gasteiger partial charge in [-0.25, -0.2) is 0 Å². The lowest BCUT2D eigenvalue weighted by molar-refractivity contribution is 0.0324. The van der Waals surface area contributed by atoms with Crippen molar-refractivity contribution in [3.63, 3.8) is 0 Å². The summed E-state index contributed by atoms with van der Waals surface area (Å²) in [5.74, 6) is 0. The van der Waals surface area contributed by atoms with Gasteiger partial charge < -0.3 is 5.73 Å². The Bertz CT molecular complexity index is 413. The number of halogens is 1. The maximum atomic E-state index is 6.10. The summed E-state index contributed by atoms with van der Waals surface area (Å²) in [6.45, 7) is 0.789. The van der Waals surface area contributed by atoms with Crippen LogP contribution in [-0.4, -0.2) is 6.54 Å². The molecular formula is C15H20BrN. The van der Waals surface area contributed by atoms with Crippen LogP contribution >= 0.6 is 15.9 Å². The summed E-state index contributed by atoms with van der Waals surface area (Å²) < 4.78 is 1.23. The van der Waals surface area contributed by atoms with Crippen molar-refractivity contribution in [3.05, 3.63) is 34.3 Å². The van der Waals surface area contributed by atoms with Crippen LogP contribution in [0.1, 0.15) is 44.1 Å². The maximum Gasteiger partial charge on any atom is 0.0213 e. The van der Waals surface area contributed by atoms with Gasteiger partial charge in [0, 0.05) is 16.4 Å². The summed E-state index contributed by atoms with van der Waals surface area (Å²) in [6, 6.07) is 8.62. The number of hydrogen-bond acceptors (Lipinski definition) is 1. The van der Waals surface area contributed by atoms with Crippen LogP contribution in [0.25, 0.3) is 0 Å². The SMILES string of the molecule is NCC1(c2ccccc2Br)CC2(CCCC2)C1. The summed E-state index contributed by atoms with van der Waals surface area (Å²) in [6.07, 6.45) is 8.32. The monoisotopic (exact) mass is 293 g/mol. The van der Waals surface area contributed by atoms with Crippen molar-refractivity contribution >= 4 is 15.9 Å². The van der Waals surface area contributed by atoms with Crippen molar-refractivity contribution in [3.8, 4) is 0 Å². The van der Waals surface area contributed by atoms with Gasteiger partial charge in [0.15, 0.2) is 0 Å². The molecule has 2 aliphatic carbocycles. The largest absolute Gasteiger partial charge is 0.330 e. The fraction of sp³-hybridized carbons (Fsp3) is 0.600. The second-order valence-corrected chi connectivity index (χ2v) is 6.88. The number of hydrogen-bond donors (Lipinski definition) is 1. The van der Waals surface area contributed by atoms with Crippen LogP contribution in [0, 0.1) is 5.41 Å². The summed E-state index contributed by atoms with van der Waals surface area (Å²) in [7, 11) is 0. The molecule has 0 aromatic heterocycles. The zero-order valence-corrected chi connectivity index (χ0v) is 11.8. The Morgan fingerprint density at radius 1 is 1.12 bits per heavy atom. The minimum absolute atomic E-state index is 0.254. The van der Waals surface area contributed by atoms with Gasteiger partial charge >= 0.3 is 0 Å². The van der Waals surface area contributed by atoms with Crippen LogP contribution in [0.3, 0.4) is 0 Å². The first-order valence-electron chi connectivity index (χ1n) is 6.65. The topological polar surface area (TPSA) is 26.0 Å². The summed E-state index contributed by atoms with van der Waals surface area (Å²) in [5, 5.41) is 0. The summed E-state index contributed by atoms with van der Waals surface area (Å²) in [5.41, 5.74) is 8.43. The number of benzene rings is 1. The van der Waals surface area contributed by atoms with E-state index in [1.165, 1.54) is 48.6 Å². The van der Waals surface area contributed by atoms with Crippen LogP contribution in [0.15, 0.2) is 28.7 Å². The molecule has 92 valence electrons.